The molecule has 0 fully saturated rings. The largest absolute Gasteiger partial charge is 0.298 e. The number of hydrogen-bond acceptors (Lipinski definition) is 2. The van der Waals surface area contributed by atoms with Gasteiger partial charge in [0.05, 0.1) is 10.7 Å². The molecule has 0 saturated carbocycles. The summed E-state index contributed by atoms with van der Waals surface area (Å²) in [6.45, 7) is 0. The predicted octanol–water partition coefficient (Wildman–Crippen LogP) is 3.76. The maximum absolute atomic E-state index is 10.5. The first-order chi connectivity index (χ1) is 7.19. The molecule has 0 radical (unpaired) electrons. The smallest absolute Gasteiger partial charge is 0.153 e. The van der Waals surface area contributed by atoms with Crippen LogP contribution in [-0.4, -0.2) is 6.29 Å². The van der Waals surface area contributed by atoms with Crippen LogP contribution in [0.1, 0.15) is 5.56 Å². The first-order valence-electron chi connectivity index (χ1n) is 3.85. The Hall–Kier alpha value is -1.48. The van der Waals surface area contributed by atoms with Crippen LogP contribution in [0.5, 0.6) is 0 Å². The normalized spacial score (nSPS) is 11.3. The number of allylic oxidation sites excluding steroid dienone is 1. The van der Waals surface area contributed by atoms with Gasteiger partial charge < -0.3 is 0 Å². The van der Waals surface area contributed by atoms with Crippen molar-refractivity contribution in [3.05, 3.63) is 51.0 Å². The van der Waals surface area contributed by atoms with E-state index in [1.165, 1.54) is 0 Å². The fourth-order valence-electron chi connectivity index (χ4n) is 0.911. The third-order valence-corrected chi connectivity index (χ3v) is 2.25. The zero-order valence-electron chi connectivity index (χ0n) is 7.39. The molecule has 1 aromatic rings. The molecule has 1 aromatic carbocycles. The Morgan fingerprint density at radius 2 is 2.00 bits per heavy atom. The van der Waals surface area contributed by atoms with Gasteiger partial charge in [-0.3, -0.25) is 4.79 Å². The molecular weight excluding hydrogens is 237 g/mol. The molecule has 0 N–H and O–H groups in total. The fourth-order valence-corrected chi connectivity index (χ4v) is 1.25. The van der Waals surface area contributed by atoms with E-state index in [0.29, 0.717) is 16.9 Å². The van der Waals surface area contributed by atoms with Gasteiger partial charge in [-0.1, -0.05) is 40.4 Å². The molecule has 0 aliphatic carbocycles. The summed E-state index contributed by atoms with van der Waals surface area (Å²) >= 11 is 11.5. The number of aldehydes is 1. The lowest BCUT2D eigenvalue weighted by Crippen LogP contribution is -1.84. The molecule has 76 valence electrons. The van der Waals surface area contributed by atoms with Gasteiger partial charge in [-0.2, -0.15) is 0 Å². The maximum Gasteiger partial charge on any atom is 0.153 e. The van der Waals surface area contributed by atoms with Crippen molar-refractivity contribution in [3.63, 3.8) is 0 Å². The molecule has 0 aliphatic heterocycles. The van der Waals surface area contributed by atoms with Crippen LogP contribution >= 0.6 is 23.2 Å². The molecule has 0 atom stereocenters. The number of benzene rings is 1. The first-order valence-corrected chi connectivity index (χ1v) is 4.60. The maximum atomic E-state index is 10.5. The van der Waals surface area contributed by atoms with Crippen molar-refractivity contribution in [2.75, 3.05) is 0 Å². The fraction of sp³-hybridized carbons (Fsp3) is 0. The minimum atomic E-state index is -0.151. The van der Waals surface area contributed by atoms with E-state index < -0.39 is 0 Å². The number of carbonyl (C=O) groups excluding carboxylic acids is 1. The molecule has 0 saturated heterocycles. The van der Waals surface area contributed by atoms with E-state index in [4.69, 9.17) is 28.7 Å². The molecule has 0 aliphatic rings. The third kappa shape index (κ3) is 2.99. The summed E-state index contributed by atoms with van der Waals surface area (Å²) in [5.41, 5.74) is 8.61. The lowest BCUT2D eigenvalue weighted by atomic mass is 10.2. The van der Waals surface area contributed by atoms with Crippen LogP contribution in [0, 0.1) is 0 Å². The molecule has 0 spiro atoms. The van der Waals surface area contributed by atoms with Crippen molar-refractivity contribution in [1.82, 2.24) is 0 Å². The van der Waals surface area contributed by atoms with E-state index >= 15 is 0 Å². The molecule has 0 unspecified atom stereocenters. The first kappa shape index (κ1) is 11.6. The van der Waals surface area contributed by atoms with Gasteiger partial charge in [0.2, 0.25) is 0 Å². The molecule has 1 rings (SSSR count). The highest BCUT2D eigenvalue weighted by atomic mass is 35.5. The van der Waals surface area contributed by atoms with Gasteiger partial charge >= 0.3 is 0 Å². The van der Waals surface area contributed by atoms with Crippen molar-refractivity contribution >= 4 is 34.5 Å². The molecule has 0 aromatic heterocycles. The number of halogens is 2. The topological polar surface area (TPSA) is 65.8 Å². The van der Waals surface area contributed by atoms with E-state index in [1.54, 1.807) is 24.3 Å². The molecule has 6 heteroatoms. The Kier molecular flexibility index (Phi) is 4.18. The lowest BCUT2D eigenvalue weighted by molar-refractivity contribution is -0.104. The van der Waals surface area contributed by atoms with Crippen molar-refractivity contribution < 1.29 is 4.79 Å². The van der Waals surface area contributed by atoms with Gasteiger partial charge in [-0.05, 0) is 23.2 Å². The Morgan fingerprint density at radius 1 is 1.40 bits per heavy atom. The van der Waals surface area contributed by atoms with Crippen LogP contribution in [0.4, 0.5) is 0 Å². The van der Waals surface area contributed by atoms with Crippen molar-refractivity contribution in [2.24, 2.45) is 5.11 Å². The summed E-state index contributed by atoms with van der Waals surface area (Å²) in [5, 5.41) is 3.82. The molecular formula is C9H5Cl2N3O. The number of rotatable bonds is 3. The van der Waals surface area contributed by atoms with Crippen LogP contribution in [0.3, 0.4) is 0 Å². The van der Waals surface area contributed by atoms with Crippen LogP contribution in [0.25, 0.3) is 15.5 Å². The Bertz CT molecular complexity index is 447. The third-order valence-electron chi connectivity index (χ3n) is 1.59. The van der Waals surface area contributed by atoms with Gasteiger partial charge in [0.1, 0.15) is 0 Å². The van der Waals surface area contributed by atoms with E-state index in [1.807, 2.05) is 0 Å². The van der Waals surface area contributed by atoms with E-state index in [-0.39, 0.29) is 10.7 Å². The average molecular weight is 242 g/mol. The van der Waals surface area contributed by atoms with Gasteiger partial charge in [0.15, 0.2) is 6.29 Å². The molecule has 15 heavy (non-hydrogen) atoms. The molecule has 4 nitrogen and oxygen atoms in total. The van der Waals surface area contributed by atoms with Gasteiger partial charge in [-0.15, -0.1) is 0 Å². The Balaban J connectivity index is 3.21. The average Bonchev–Trinajstić information content (AvgIpc) is 2.26. The van der Waals surface area contributed by atoms with Crippen molar-refractivity contribution in [3.8, 4) is 0 Å². The minimum absolute atomic E-state index is 0.0967. The molecule has 0 heterocycles. The number of azide groups is 1. The number of nitrogens with zero attached hydrogens (tertiary/aromatic N) is 3. The summed E-state index contributed by atoms with van der Waals surface area (Å²) in [7, 11) is 0. The summed E-state index contributed by atoms with van der Waals surface area (Å²) in [6.07, 6.45) is 0.399. The zero-order chi connectivity index (χ0) is 11.3. The molecule has 0 bridgehead atoms. The van der Waals surface area contributed by atoms with E-state index in [2.05, 4.69) is 10.0 Å². The Morgan fingerprint density at radius 3 is 2.47 bits per heavy atom. The minimum Gasteiger partial charge on any atom is -0.298 e. The highest BCUT2D eigenvalue weighted by Gasteiger charge is 2.04. The van der Waals surface area contributed by atoms with E-state index in [0.717, 1.165) is 0 Å². The highest BCUT2D eigenvalue weighted by Crippen LogP contribution is 2.24. The van der Waals surface area contributed by atoms with Crippen LogP contribution in [0.15, 0.2) is 35.1 Å². The zero-order valence-corrected chi connectivity index (χ0v) is 8.90. The summed E-state index contributed by atoms with van der Waals surface area (Å²) in [6, 6.07) is 6.50. The quantitative estimate of drug-likeness (QED) is 0.261. The van der Waals surface area contributed by atoms with Gasteiger partial charge in [-0.25, -0.2) is 0 Å². The standard InChI is InChI=1S/C9H5Cl2N3O/c10-7-3-1-6(2-4-7)9(11)8(5-15)13-14-12/h1-5H/b9-8-. The monoisotopic (exact) mass is 241 g/mol. The second-order valence-electron chi connectivity index (χ2n) is 2.51. The number of hydrogen-bond donors (Lipinski definition) is 0. The van der Waals surface area contributed by atoms with Gasteiger partial charge in [0, 0.05) is 9.93 Å². The Labute approximate surface area is 95.7 Å². The highest BCUT2D eigenvalue weighted by molar-refractivity contribution is 6.50. The SMILES string of the molecule is [N-]=[N+]=N/C(C=O)=C(\Cl)c1ccc(Cl)cc1. The van der Waals surface area contributed by atoms with Crippen LogP contribution in [0.2, 0.25) is 5.02 Å². The van der Waals surface area contributed by atoms with Crippen LogP contribution < -0.4 is 0 Å². The van der Waals surface area contributed by atoms with Crippen LogP contribution in [-0.2, 0) is 4.79 Å². The summed E-state index contributed by atoms with van der Waals surface area (Å²) in [5.74, 6) is 0. The van der Waals surface area contributed by atoms with Crippen molar-refractivity contribution in [1.29, 1.82) is 0 Å². The predicted molar refractivity (Wildman–Crippen MR) is 59.4 cm³/mol. The molecule has 0 amide bonds. The second-order valence-corrected chi connectivity index (χ2v) is 3.33. The van der Waals surface area contributed by atoms with E-state index in [9.17, 15) is 4.79 Å². The summed E-state index contributed by atoms with van der Waals surface area (Å²) < 4.78 is 0. The number of carbonyl (C=O) groups is 1. The second kappa shape index (κ2) is 5.41. The van der Waals surface area contributed by atoms with Gasteiger partial charge in [0.25, 0.3) is 0 Å². The van der Waals surface area contributed by atoms with Crippen molar-refractivity contribution in [2.45, 2.75) is 0 Å². The summed E-state index contributed by atoms with van der Waals surface area (Å²) in [4.78, 5) is 13.0. The lowest BCUT2D eigenvalue weighted by Gasteiger charge is -2.00.